The van der Waals surface area contributed by atoms with Gasteiger partial charge in [-0.2, -0.15) is 0 Å². The Hall–Kier alpha value is -2.59. The molecule has 0 bridgehead atoms. The van der Waals surface area contributed by atoms with E-state index in [4.69, 9.17) is 9.15 Å². The zero-order valence-corrected chi connectivity index (χ0v) is 17.1. The normalized spacial score (nSPS) is 15.0. The van der Waals surface area contributed by atoms with Crippen LogP contribution < -0.4 is 5.32 Å². The lowest BCUT2D eigenvalue weighted by atomic mass is 10.3. The molecular weight excluding hydrogens is 408 g/mol. The first-order valence-corrected chi connectivity index (χ1v) is 11.0. The van der Waals surface area contributed by atoms with Crippen LogP contribution in [-0.4, -0.2) is 47.1 Å². The molecule has 1 aliphatic rings. The fourth-order valence-corrected chi connectivity index (χ4v) is 4.76. The Morgan fingerprint density at radius 1 is 1.14 bits per heavy atom. The molecule has 1 fully saturated rings. The maximum atomic E-state index is 12.5. The second-order valence-corrected chi connectivity index (χ2v) is 8.53. The van der Waals surface area contributed by atoms with Gasteiger partial charge in [0, 0.05) is 25.0 Å². The average Bonchev–Trinajstić information content (AvgIpc) is 3.48. The van der Waals surface area contributed by atoms with Crippen molar-refractivity contribution in [3.63, 3.8) is 0 Å². The van der Waals surface area contributed by atoms with Crippen LogP contribution >= 0.6 is 22.7 Å². The number of carbonyl (C=O) groups excluding carboxylic acids is 1. The molecule has 29 heavy (non-hydrogen) atoms. The molecule has 4 aromatic rings. The van der Waals surface area contributed by atoms with Gasteiger partial charge in [0.2, 0.25) is 0 Å². The van der Waals surface area contributed by atoms with Crippen molar-refractivity contribution in [2.75, 3.05) is 31.6 Å². The number of benzene rings is 1. The van der Waals surface area contributed by atoms with E-state index in [9.17, 15) is 4.79 Å². The van der Waals surface area contributed by atoms with Crippen molar-refractivity contribution in [1.29, 1.82) is 0 Å². The maximum Gasteiger partial charge on any atom is 0.293 e. The van der Waals surface area contributed by atoms with Gasteiger partial charge in [0.25, 0.3) is 5.91 Å². The lowest BCUT2D eigenvalue weighted by Gasteiger charge is -2.25. The second-order valence-electron chi connectivity index (χ2n) is 6.64. The number of nitrogens with zero attached hydrogens (tertiary/aromatic N) is 3. The number of thiazole rings is 2. The molecule has 1 amide bonds. The van der Waals surface area contributed by atoms with Crippen LogP contribution in [0.5, 0.6) is 0 Å². The average molecular weight is 427 g/mol. The van der Waals surface area contributed by atoms with Crippen LogP contribution in [-0.2, 0) is 11.3 Å². The van der Waals surface area contributed by atoms with Crippen LogP contribution in [0.1, 0.15) is 16.2 Å². The topological polar surface area (TPSA) is 80.5 Å². The summed E-state index contributed by atoms with van der Waals surface area (Å²) in [6.45, 7) is 4.07. The molecule has 1 N–H and O–H groups in total. The van der Waals surface area contributed by atoms with E-state index in [0.717, 1.165) is 53.8 Å². The monoisotopic (exact) mass is 426 g/mol. The summed E-state index contributed by atoms with van der Waals surface area (Å²) in [5.41, 5.74) is 1.87. The number of fused-ring (bicyclic) bond motifs is 1. The van der Waals surface area contributed by atoms with Crippen molar-refractivity contribution < 1.29 is 13.9 Å². The summed E-state index contributed by atoms with van der Waals surface area (Å²) >= 11 is 2.95. The molecule has 9 heteroatoms. The number of hydrogen-bond donors (Lipinski definition) is 1. The third kappa shape index (κ3) is 4.08. The minimum Gasteiger partial charge on any atom is -0.448 e. The van der Waals surface area contributed by atoms with E-state index in [-0.39, 0.29) is 11.7 Å². The maximum absolute atomic E-state index is 12.5. The number of rotatable bonds is 5. The van der Waals surface area contributed by atoms with Crippen molar-refractivity contribution >= 4 is 43.9 Å². The summed E-state index contributed by atoms with van der Waals surface area (Å²) in [6.07, 6.45) is 0. The van der Waals surface area contributed by atoms with Crippen molar-refractivity contribution in [3.8, 4) is 10.8 Å². The number of anilines is 1. The first-order chi connectivity index (χ1) is 14.2. The van der Waals surface area contributed by atoms with Gasteiger partial charge in [0.15, 0.2) is 21.7 Å². The summed E-state index contributed by atoms with van der Waals surface area (Å²) in [5, 5.41) is 6.12. The molecular formula is C20H18N4O3S2. The number of amides is 1. The molecule has 0 unspecified atom stereocenters. The minimum atomic E-state index is -0.315. The Kier molecular flexibility index (Phi) is 5.11. The highest BCUT2D eigenvalue weighted by Gasteiger charge is 2.17. The Bertz CT molecular complexity index is 1110. The molecule has 1 saturated heterocycles. The lowest BCUT2D eigenvalue weighted by molar-refractivity contribution is 0.0337. The van der Waals surface area contributed by atoms with Gasteiger partial charge in [-0.05, 0) is 24.3 Å². The summed E-state index contributed by atoms with van der Waals surface area (Å²) in [6, 6.07) is 11.4. The van der Waals surface area contributed by atoms with Gasteiger partial charge in [-0.1, -0.05) is 12.1 Å². The van der Waals surface area contributed by atoms with E-state index in [2.05, 4.69) is 20.2 Å². The number of aromatic nitrogens is 2. The SMILES string of the molecule is O=C(Nc1nc(CN2CCOCC2)cs1)c1ccc(-c2nc3ccccc3s2)o1. The number of carbonyl (C=O) groups is 1. The molecule has 1 aliphatic heterocycles. The van der Waals surface area contributed by atoms with E-state index in [0.29, 0.717) is 10.9 Å². The lowest BCUT2D eigenvalue weighted by Crippen LogP contribution is -2.35. The van der Waals surface area contributed by atoms with Crippen LogP contribution in [0.2, 0.25) is 0 Å². The number of para-hydroxylation sites is 1. The third-order valence-corrected chi connectivity index (χ3v) is 6.45. The minimum absolute atomic E-state index is 0.240. The smallest absolute Gasteiger partial charge is 0.293 e. The predicted octanol–water partition coefficient (Wildman–Crippen LogP) is 4.10. The molecule has 4 heterocycles. The predicted molar refractivity (Wildman–Crippen MR) is 113 cm³/mol. The van der Waals surface area contributed by atoms with Crippen molar-refractivity contribution in [2.45, 2.75) is 6.54 Å². The molecule has 0 aliphatic carbocycles. The van der Waals surface area contributed by atoms with E-state index in [1.165, 1.54) is 22.7 Å². The van der Waals surface area contributed by atoms with E-state index in [1.54, 1.807) is 12.1 Å². The molecule has 0 saturated carbocycles. The van der Waals surface area contributed by atoms with Crippen molar-refractivity contribution in [1.82, 2.24) is 14.9 Å². The van der Waals surface area contributed by atoms with Crippen molar-refractivity contribution in [2.24, 2.45) is 0 Å². The molecule has 0 radical (unpaired) electrons. The highest BCUT2D eigenvalue weighted by molar-refractivity contribution is 7.21. The van der Waals surface area contributed by atoms with E-state index in [1.807, 2.05) is 29.6 Å². The number of ether oxygens (including phenoxy) is 1. The van der Waals surface area contributed by atoms with Crippen molar-refractivity contribution in [3.05, 3.63) is 53.2 Å². The standard InChI is InChI=1S/C20H18N4O3S2/c25-18(23-20-21-13(12-28-20)11-24-7-9-26-10-8-24)15-5-6-16(27-15)19-22-14-3-1-2-4-17(14)29-19/h1-6,12H,7-11H2,(H,21,23,25). The number of hydrogen-bond acceptors (Lipinski definition) is 8. The summed E-state index contributed by atoms with van der Waals surface area (Å²) in [4.78, 5) is 23.9. The molecule has 0 spiro atoms. The van der Waals surface area contributed by atoms with Crippen LogP contribution in [0.25, 0.3) is 21.0 Å². The van der Waals surface area contributed by atoms with Gasteiger partial charge in [-0.3, -0.25) is 15.0 Å². The van der Waals surface area contributed by atoms with Crippen LogP contribution in [0, 0.1) is 0 Å². The van der Waals surface area contributed by atoms with Gasteiger partial charge in [-0.25, -0.2) is 9.97 Å². The van der Waals surface area contributed by atoms with Crippen LogP contribution in [0.15, 0.2) is 46.2 Å². The Morgan fingerprint density at radius 2 is 2.00 bits per heavy atom. The third-order valence-electron chi connectivity index (χ3n) is 4.60. The zero-order valence-electron chi connectivity index (χ0n) is 15.5. The number of nitrogens with one attached hydrogen (secondary N) is 1. The molecule has 7 nitrogen and oxygen atoms in total. The van der Waals surface area contributed by atoms with Crippen LogP contribution in [0.3, 0.4) is 0 Å². The van der Waals surface area contributed by atoms with Gasteiger partial charge in [-0.15, -0.1) is 22.7 Å². The van der Waals surface area contributed by atoms with E-state index >= 15 is 0 Å². The van der Waals surface area contributed by atoms with E-state index < -0.39 is 0 Å². The first-order valence-electron chi connectivity index (χ1n) is 9.26. The Labute approximate surface area is 175 Å². The molecule has 5 rings (SSSR count). The molecule has 3 aromatic heterocycles. The van der Waals surface area contributed by atoms with Gasteiger partial charge in [0.1, 0.15) is 0 Å². The number of morpholine rings is 1. The fraction of sp³-hybridized carbons (Fsp3) is 0.250. The Morgan fingerprint density at radius 3 is 2.86 bits per heavy atom. The summed E-state index contributed by atoms with van der Waals surface area (Å²) in [7, 11) is 0. The highest BCUT2D eigenvalue weighted by atomic mass is 32.1. The highest BCUT2D eigenvalue weighted by Crippen LogP contribution is 2.31. The van der Waals surface area contributed by atoms with Crippen LogP contribution in [0.4, 0.5) is 5.13 Å². The fourth-order valence-electron chi connectivity index (χ4n) is 3.14. The van der Waals surface area contributed by atoms with Gasteiger partial charge >= 0.3 is 0 Å². The molecule has 148 valence electrons. The largest absolute Gasteiger partial charge is 0.448 e. The zero-order chi connectivity index (χ0) is 19.6. The number of furan rings is 1. The van der Waals surface area contributed by atoms with Gasteiger partial charge < -0.3 is 9.15 Å². The quantitative estimate of drug-likeness (QED) is 0.518. The molecule has 1 aromatic carbocycles. The molecule has 0 atom stereocenters. The first kappa shape index (κ1) is 18.4. The van der Waals surface area contributed by atoms with Gasteiger partial charge in [0.05, 0.1) is 29.1 Å². The second kappa shape index (κ2) is 8.03. The Balaban J connectivity index is 1.25. The summed E-state index contributed by atoms with van der Waals surface area (Å²) < 4.78 is 12.2. The summed E-state index contributed by atoms with van der Waals surface area (Å²) in [5.74, 6) is 0.511.